The minimum Gasteiger partial charge on any atom is -0.197 e. The minimum absolute atomic E-state index is 0.624. The van der Waals surface area contributed by atoms with Crippen molar-refractivity contribution < 1.29 is 0 Å². The lowest BCUT2D eigenvalue weighted by atomic mass is 10.0. The third kappa shape index (κ3) is 1.21. The van der Waals surface area contributed by atoms with Crippen molar-refractivity contribution in [3.63, 3.8) is 0 Å². The Bertz CT molecular complexity index is 206. The summed E-state index contributed by atoms with van der Waals surface area (Å²) in [4.78, 5) is 1.37. The second-order valence-corrected chi connectivity index (χ2v) is 3.87. The molecule has 0 unspecified atom stereocenters. The van der Waals surface area contributed by atoms with Gasteiger partial charge in [0.25, 0.3) is 0 Å². The lowest BCUT2D eigenvalue weighted by Crippen LogP contribution is -1.89. The fourth-order valence-corrected chi connectivity index (χ4v) is 2.17. The molecular weight excluding hydrogens is 142 g/mol. The molecule has 0 fully saturated rings. The Labute approximate surface area is 66.3 Å². The lowest BCUT2D eigenvalue weighted by molar-refractivity contribution is 0.849. The summed E-state index contributed by atoms with van der Waals surface area (Å²) in [7, 11) is 0. The van der Waals surface area contributed by atoms with E-state index in [1.54, 1.807) is 11.5 Å². The molecule has 0 atom stereocenters. The van der Waals surface area contributed by atoms with Crippen LogP contribution in [0.15, 0.2) is 0 Å². The second kappa shape index (κ2) is 2.70. The first-order chi connectivity index (χ1) is 4.63. The molecular formula is C8H13NS. The molecule has 10 heavy (non-hydrogen) atoms. The molecule has 1 aromatic heterocycles. The fourth-order valence-electron chi connectivity index (χ4n) is 1.31. The molecule has 0 aliphatic heterocycles. The van der Waals surface area contributed by atoms with E-state index in [9.17, 15) is 0 Å². The van der Waals surface area contributed by atoms with E-state index in [1.807, 2.05) is 0 Å². The van der Waals surface area contributed by atoms with Crippen LogP contribution >= 0.6 is 11.5 Å². The molecule has 0 aliphatic rings. The zero-order valence-electron chi connectivity index (χ0n) is 6.93. The van der Waals surface area contributed by atoms with E-state index in [0.717, 1.165) is 0 Å². The Kier molecular flexibility index (Phi) is 2.09. The number of hydrogen-bond acceptors (Lipinski definition) is 2. The molecule has 1 heterocycles. The fraction of sp³-hybridized carbons (Fsp3) is 0.625. The molecule has 0 bridgehead atoms. The van der Waals surface area contributed by atoms with Crippen molar-refractivity contribution in [1.82, 2.24) is 4.37 Å². The van der Waals surface area contributed by atoms with E-state index in [1.165, 1.54) is 16.1 Å². The van der Waals surface area contributed by atoms with E-state index in [0.29, 0.717) is 5.92 Å². The largest absolute Gasteiger partial charge is 0.197 e. The molecule has 0 spiro atoms. The zero-order chi connectivity index (χ0) is 7.72. The standard InChI is InChI=1S/C8H13NS/c1-5(2)8-6(3)9-10-7(8)4/h5H,1-4H3. The second-order valence-electron chi connectivity index (χ2n) is 2.89. The molecule has 0 saturated heterocycles. The Hall–Kier alpha value is -0.370. The molecule has 0 aromatic carbocycles. The van der Waals surface area contributed by atoms with Crippen LogP contribution in [0.2, 0.25) is 0 Å². The smallest absolute Gasteiger partial charge is 0.0548 e. The zero-order valence-corrected chi connectivity index (χ0v) is 7.75. The molecule has 1 nitrogen and oxygen atoms in total. The third-order valence-corrected chi connectivity index (χ3v) is 2.52. The number of aromatic nitrogens is 1. The van der Waals surface area contributed by atoms with E-state index in [4.69, 9.17) is 0 Å². The van der Waals surface area contributed by atoms with Gasteiger partial charge in [-0.15, -0.1) is 0 Å². The van der Waals surface area contributed by atoms with Gasteiger partial charge in [0, 0.05) is 4.88 Å². The molecule has 2 heteroatoms. The van der Waals surface area contributed by atoms with E-state index >= 15 is 0 Å². The van der Waals surface area contributed by atoms with Gasteiger partial charge in [0.05, 0.1) is 5.69 Å². The number of hydrogen-bond donors (Lipinski definition) is 0. The third-order valence-electron chi connectivity index (χ3n) is 1.67. The predicted octanol–water partition coefficient (Wildman–Crippen LogP) is 2.88. The van der Waals surface area contributed by atoms with Crippen LogP contribution < -0.4 is 0 Å². The molecule has 0 radical (unpaired) electrons. The SMILES string of the molecule is Cc1nsc(C)c1C(C)C. The predicted molar refractivity (Wildman–Crippen MR) is 45.7 cm³/mol. The van der Waals surface area contributed by atoms with Crippen LogP contribution in [0, 0.1) is 13.8 Å². The normalized spacial score (nSPS) is 10.9. The van der Waals surface area contributed by atoms with Crippen molar-refractivity contribution in [2.75, 3.05) is 0 Å². The van der Waals surface area contributed by atoms with Gasteiger partial charge in [-0.05, 0) is 36.9 Å². The maximum absolute atomic E-state index is 4.28. The molecule has 0 aliphatic carbocycles. The summed E-state index contributed by atoms with van der Waals surface area (Å²) >= 11 is 1.61. The van der Waals surface area contributed by atoms with Gasteiger partial charge in [-0.3, -0.25) is 0 Å². The maximum Gasteiger partial charge on any atom is 0.0548 e. The number of nitrogens with zero attached hydrogens (tertiary/aromatic N) is 1. The molecule has 1 aromatic rings. The Balaban J connectivity index is 3.10. The number of rotatable bonds is 1. The van der Waals surface area contributed by atoms with Crippen molar-refractivity contribution in [2.24, 2.45) is 0 Å². The van der Waals surface area contributed by atoms with E-state index in [-0.39, 0.29) is 0 Å². The van der Waals surface area contributed by atoms with Gasteiger partial charge in [-0.2, -0.15) is 4.37 Å². The highest BCUT2D eigenvalue weighted by Crippen LogP contribution is 2.24. The molecule has 56 valence electrons. The summed E-state index contributed by atoms with van der Waals surface area (Å²) in [5.74, 6) is 0.624. The van der Waals surface area contributed by atoms with Crippen molar-refractivity contribution in [1.29, 1.82) is 0 Å². The van der Waals surface area contributed by atoms with Crippen LogP contribution in [-0.2, 0) is 0 Å². The van der Waals surface area contributed by atoms with Gasteiger partial charge in [0.2, 0.25) is 0 Å². The average Bonchev–Trinajstić information content (AvgIpc) is 2.11. The Morgan fingerprint density at radius 1 is 1.30 bits per heavy atom. The van der Waals surface area contributed by atoms with Gasteiger partial charge < -0.3 is 0 Å². The van der Waals surface area contributed by atoms with Gasteiger partial charge in [0.15, 0.2) is 0 Å². The van der Waals surface area contributed by atoms with Crippen molar-refractivity contribution in [3.05, 3.63) is 16.1 Å². The molecule has 0 N–H and O–H groups in total. The van der Waals surface area contributed by atoms with Crippen molar-refractivity contribution in [3.8, 4) is 0 Å². The van der Waals surface area contributed by atoms with Crippen LogP contribution in [-0.4, -0.2) is 4.37 Å². The van der Waals surface area contributed by atoms with Crippen molar-refractivity contribution in [2.45, 2.75) is 33.6 Å². The quantitative estimate of drug-likeness (QED) is 0.607. The summed E-state index contributed by atoms with van der Waals surface area (Å²) < 4.78 is 4.28. The van der Waals surface area contributed by atoms with Crippen LogP contribution in [0.5, 0.6) is 0 Å². The van der Waals surface area contributed by atoms with Crippen LogP contribution in [0.4, 0.5) is 0 Å². The molecule has 0 saturated carbocycles. The highest BCUT2D eigenvalue weighted by Gasteiger charge is 2.09. The Morgan fingerprint density at radius 3 is 2.10 bits per heavy atom. The van der Waals surface area contributed by atoms with Gasteiger partial charge >= 0.3 is 0 Å². The van der Waals surface area contributed by atoms with Crippen LogP contribution in [0.25, 0.3) is 0 Å². The van der Waals surface area contributed by atoms with Gasteiger partial charge in [0.1, 0.15) is 0 Å². The molecule has 0 amide bonds. The first-order valence-electron chi connectivity index (χ1n) is 3.55. The summed E-state index contributed by atoms with van der Waals surface area (Å²) in [5.41, 5.74) is 2.64. The van der Waals surface area contributed by atoms with Crippen molar-refractivity contribution >= 4 is 11.5 Å². The summed E-state index contributed by atoms with van der Waals surface area (Å²) in [5, 5.41) is 0. The summed E-state index contributed by atoms with van der Waals surface area (Å²) in [6.45, 7) is 8.65. The van der Waals surface area contributed by atoms with Gasteiger partial charge in [-0.25, -0.2) is 0 Å². The maximum atomic E-state index is 4.28. The first-order valence-corrected chi connectivity index (χ1v) is 4.33. The Morgan fingerprint density at radius 2 is 1.90 bits per heavy atom. The molecule has 1 rings (SSSR count). The summed E-state index contributed by atoms with van der Waals surface area (Å²) in [6, 6.07) is 0. The average molecular weight is 155 g/mol. The lowest BCUT2D eigenvalue weighted by Gasteiger charge is -2.03. The number of aryl methyl sites for hydroxylation is 2. The van der Waals surface area contributed by atoms with Gasteiger partial charge in [-0.1, -0.05) is 13.8 Å². The topological polar surface area (TPSA) is 12.9 Å². The van der Waals surface area contributed by atoms with Crippen LogP contribution in [0.1, 0.15) is 35.9 Å². The highest BCUT2D eigenvalue weighted by molar-refractivity contribution is 7.05. The van der Waals surface area contributed by atoms with Crippen LogP contribution in [0.3, 0.4) is 0 Å². The highest BCUT2D eigenvalue weighted by atomic mass is 32.1. The monoisotopic (exact) mass is 155 g/mol. The minimum atomic E-state index is 0.624. The first kappa shape index (κ1) is 7.73. The van der Waals surface area contributed by atoms with E-state index in [2.05, 4.69) is 32.1 Å². The summed E-state index contributed by atoms with van der Waals surface area (Å²) in [6.07, 6.45) is 0. The van der Waals surface area contributed by atoms with E-state index < -0.39 is 0 Å².